The van der Waals surface area contributed by atoms with Crippen molar-refractivity contribution in [3.63, 3.8) is 0 Å². The van der Waals surface area contributed by atoms with Crippen molar-refractivity contribution < 1.29 is 14.3 Å². The Bertz CT molecular complexity index is 1430. The van der Waals surface area contributed by atoms with Crippen LogP contribution in [0.15, 0.2) is 78.9 Å². The van der Waals surface area contributed by atoms with E-state index in [0.717, 1.165) is 28.0 Å². The van der Waals surface area contributed by atoms with E-state index in [2.05, 4.69) is 20.4 Å². The predicted octanol–water partition coefficient (Wildman–Crippen LogP) is 4.67. The molecule has 2 aliphatic rings. The first-order valence-electron chi connectivity index (χ1n) is 10.6. The van der Waals surface area contributed by atoms with Crippen molar-refractivity contribution >= 4 is 29.2 Å². The highest BCUT2D eigenvalue weighted by Gasteiger charge is 2.41. The number of hydrogen-bond acceptors (Lipinski definition) is 7. The minimum absolute atomic E-state index is 0.320. The van der Waals surface area contributed by atoms with Gasteiger partial charge in [0.25, 0.3) is 0 Å². The molecule has 0 fully saturated rings. The second-order valence-electron chi connectivity index (χ2n) is 7.92. The smallest absolute Gasteiger partial charge is 0.337 e. The molecule has 0 aliphatic carbocycles. The molecule has 4 heterocycles. The van der Waals surface area contributed by atoms with Crippen LogP contribution in [0.1, 0.15) is 39.2 Å². The number of rotatable bonds is 3. The highest BCUT2D eigenvalue weighted by Crippen LogP contribution is 2.50. The number of benzene rings is 2. The number of nitrogens with one attached hydrogen (secondary N) is 1. The molecule has 1 N–H and O–H groups in total. The first-order chi connectivity index (χ1) is 16.6. The van der Waals surface area contributed by atoms with E-state index < -0.39 is 12.1 Å². The van der Waals surface area contributed by atoms with Crippen molar-refractivity contribution in [1.82, 2.24) is 19.7 Å². The summed E-state index contributed by atoms with van der Waals surface area (Å²) in [6.07, 6.45) is 4.60. The van der Waals surface area contributed by atoms with Crippen molar-refractivity contribution in [2.75, 3.05) is 12.4 Å². The lowest BCUT2D eigenvalue weighted by Gasteiger charge is -2.38. The Morgan fingerprint density at radius 1 is 1.15 bits per heavy atom. The van der Waals surface area contributed by atoms with Crippen LogP contribution in [0.4, 0.5) is 5.95 Å². The predicted molar refractivity (Wildman–Crippen MR) is 126 cm³/mol. The summed E-state index contributed by atoms with van der Waals surface area (Å²) in [6, 6.07) is 16.3. The lowest BCUT2D eigenvalue weighted by Crippen LogP contribution is -2.32. The summed E-state index contributed by atoms with van der Waals surface area (Å²) in [5.41, 5.74) is 4.92. The number of esters is 1. The number of nitrogens with zero attached hydrogens (tertiary/aromatic N) is 4. The first-order valence-corrected chi connectivity index (χ1v) is 11.0. The van der Waals surface area contributed by atoms with Crippen LogP contribution in [-0.2, 0) is 4.74 Å². The Labute approximate surface area is 199 Å². The Balaban J connectivity index is 1.57. The third-order valence-corrected chi connectivity index (χ3v) is 6.25. The molecule has 0 saturated carbocycles. The topological polar surface area (TPSA) is 91.2 Å². The van der Waals surface area contributed by atoms with Gasteiger partial charge >= 0.3 is 5.97 Å². The van der Waals surface area contributed by atoms with Crippen LogP contribution in [0, 0.1) is 0 Å². The summed E-state index contributed by atoms with van der Waals surface area (Å²) in [4.78, 5) is 20.7. The molecule has 0 unspecified atom stereocenters. The third kappa shape index (κ3) is 3.22. The minimum Gasteiger partial charge on any atom is -0.480 e. The van der Waals surface area contributed by atoms with Gasteiger partial charge in [-0.25, -0.2) is 9.48 Å². The molecule has 6 rings (SSSR count). The van der Waals surface area contributed by atoms with Crippen LogP contribution in [0.25, 0.3) is 5.70 Å². The highest BCUT2D eigenvalue weighted by molar-refractivity contribution is 6.30. The van der Waals surface area contributed by atoms with E-state index in [-0.39, 0.29) is 6.04 Å². The zero-order valence-corrected chi connectivity index (χ0v) is 18.7. The van der Waals surface area contributed by atoms with Gasteiger partial charge in [0, 0.05) is 28.6 Å². The molecule has 34 heavy (non-hydrogen) atoms. The molecule has 0 amide bonds. The molecule has 2 aromatic carbocycles. The van der Waals surface area contributed by atoms with Gasteiger partial charge in [0.1, 0.15) is 24.2 Å². The van der Waals surface area contributed by atoms with E-state index in [9.17, 15) is 4.79 Å². The fraction of sp³-hybridized carbons (Fsp3) is 0.120. The number of aromatic nitrogens is 4. The average molecular weight is 472 g/mol. The fourth-order valence-corrected chi connectivity index (χ4v) is 4.66. The lowest BCUT2D eigenvalue weighted by molar-refractivity contribution is 0.0600. The van der Waals surface area contributed by atoms with Crippen molar-refractivity contribution in [3.05, 3.63) is 106 Å². The number of carbonyl (C=O) groups is 1. The van der Waals surface area contributed by atoms with Gasteiger partial charge in [-0.15, -0.1) is 0 Å². The molecule has 2 aromatic heterocycles. The van der Waals surface area contributed by atoms with Crippen LogP contribution in [-0.4, -0.2) is 32.8 Å². The van der Waals surface area contributed by atoms with Gasteiger partial charge in [-0.05, 0) is 47.5 Å². The lowest BCUT2D eigenvalue weighted by atomic mass is 9.85. The molecule has 8 nitrogen and oxygen atoms in total. The maximum atomic E-state index is 12.0. The van der Waals surface area contributed by atoms with Crippen LogP contribution >= 0.6 is 11.6 Å². The summed E-state index contributed by atoms with van der Waals surface area (Å²) in [5.74, 6) is 0.909. The van der Waals surface area contributed by atoms with Crippen molar-refractivity contribution in [2.24, 2.45) is 0 Å². The molecule has 9 heteroatoms. The second-order valence-corrected chi connectivity index (χ2v) is 8.36. The van der Waals surface area contributed by atoms with Gasteiger partial charge in [-0.1, -0.05) is 29.8 Å². The van der Waals surface area contributed by atoms with Crippen molar-refractivity contribution in [2.45, 2.75) is 12.1 Å². The monoisotopic (exact) mass is 471 g/mol. The Kier molecular flexibility index (Phi) is 4.81. The molecule has 2 atom stereocenters. The van der Waals surface area contributed by atoms with Gasteiger partial charge in [0.2, 0.25) is 5.95 Å². The maximum Gasteiger partial charge on any atom is 0.337 e. The molecular formula is C25H18ClN5O3. The number of methoxy groups -OCH3 is 1. The van der Waals surface area contributed by atoms with E-state index in [4.69, 9.17) is 21.1 Å². The summed E-state index contributed by atoms with van der Waals surface area (Å²) in [7, 11) is 1.36. The standard InChI is InChI=1S/C25H18ClN5O3/c1-33-24(32)15-6-4-14(5-7-15)23-20-21(18-11-17(26)8-9-19(18)34-23)30-25-28-13-29-31(25)22(20)16-3-2-10-27-12-16/h2-13,22-23H,1H3,(H,28,29,30)/t22-,23-/m1/s1. The summed E-state index contributed by atoms with van der Waals surface area (Å²) in [6.45, 7) is 0. The Morgan fingerprint density at radius 2 is 2.00 bits per heavy atom. The minimum atomic E-state index is -0.467. The SMILES string of the molecule is COC(=O)c1ccc([C@H]2Oc3ccc(Cl)cc3C3=C2[C@@H](c2cccnc2)n2ncnc2N3)cc1. The molecule has 168 valence electrons. The summed E-state index contributed by atoms with van der Waals surface area (Å²) >= 11 is 6.36. The van der Waals surface area contributed by atoms with Gasteiger partial charge < -0.3 is 14.8 Å². The Morgan fingerprint density at radius 3 is 2.76 bits per heavy atom. The normalized spacial score (nSPS) is 18.2. The number of anilines is 1. The van der Waals surface area contributed by atoms with E-state index >= 15 is 0 Å². The van der Waals surface area contributed by atoms with Gasteiger partial charge in [-0.3, -0.25) is 4.98 Å². The van der Waals surface area contributed by atoms with E-state index in [1.165, 1.54) is 13.4 Å². The van der Waals surface area contributed by atoms with Crippen LogP contribution in [0.5, 0.6) is 5.75 Å². The molecule has 0 radical (unpaired) electrons. The van der Waals surface area contributed by atoms with Crippen LogP contribution < -0.4 is 10.1 Å². The van der Waals surface area contributed by atoms with Gasteiger partial charge in [-0.2, -0.15) is 10.1 Å². The fourth-order valence-electron chi connectivity index (χ4n) is 4.49. The number of pyridine rings is 1. The summed E-state index contributed by atoms with van der Waals surface area (Å²) in [5, 5.41) is 8.53. The number of carbonyl (C=O) groups excluding carboxylic acids is 1. The van der Waals surface area contributed by atoms with Gasteiger partial charge in [0.15, 0.2) is 0 Å². The van der Waals surface area contributed by atoms with E-state index in [0.29, 0.717) is 22.3 Å². The summed E-state index contributed by atoms with van der Waals surface area (Å²) < 4.78 is 13.2. The quantitative estimate of drug-likeness (QED) is 0.434. The highest BCUT2D eigenvalue weighted by atomic mass is 35.5. The van der Waals surface area contributed by atoms with Gasteiger partial charge in [0.05, 0.1) is 18.4 Å². The van der Waals surface area contributed by atoms with Crippen molar-refractivity contribution in [1.29, 1.82) is 0 Å². The molecule has 2 aliphatic heterocycles. The number of fused-ring (bicyclic) bond motifs is 3. The largest absolute Gasteiger partial charge is 0.480 e. The number of hydrogen-bond donors (Lipinski definition) is 1. The zero-order chi connectivity index (χ0) is 23.2. The second kappa shape index (κ2) is 8.00. The maximum absolute atomic E-state index is 12.0. The molecule has 0 bridgehead atoms. The Hall–Kier alpha value is -4.17. The first kappa shape index (κ1) is 20.4. The number of halogens is 1. The zero-order valence-electron chi connectivity index (χ0n) is 18.0. The van der Waals surface area contributed by atoms with E-state index in [1.54, 1.807) is 24.4 Å². The molecule has 0 spiro atoms. The molecular weight excluding hydrogens is 454 g/mol. The van der Waals surface area contributed by atoms with Crippen LogP contribution in [0.2, 0.25) is 5.02 Å². The molecule has 0 saturated heterocycles. The van der Waals surface area contributed by atoms with Crippen LogP contribution in [0.3, 0.4) is 0 Å². The van der Waals surface area contributed by atoms with E-state index in [1.807, 2.05) is 47.3 Å². The third-order valence-electron chi connectivity index (χ3n) is 6.01. The van der Waals surface area contributed by atoms with Crippen molar-refractivity contribution in [3.8, 4) is 5.75 Å². The average Bonchev–Trinajstić information content (AvgIpc) is 3.35. The molecule has 4 aromatic rings. The number of ether oxygens (including phenoxy) is 2.